The van der Waals surface area contributed by atoms with Crippen molar-refractivity contribution < 1.29 is 24.3 Å². The van der Waals surface area contributed by atoms with E-state index in [4.69, 9.17) is 0 Å². The number of ketones is 1. The first-order valence-corrected chi connectivity index (χ1v) is 11.7. The molecule has 12 nitrogen and oxygen atoms in total. The summed E-state index contributed by atoms with van der Waals surface area (Å²) in [5.74, 6) is -0.994. The Morgan fingerprint density at radius 3 is 2.87 bits per heavy atom. The van der Waals surface area contributed by atoms with Gasteiger partial charge in [0.05, 0.1) is 5.33 Å². The van der Waals surface area contributed by atoms with Crippen molar-refractivity contribution >= 4 is 62.8 Å². The number of aryl methyl sites for hydroxylation is 1. The Bertz CT molecular complexity index is 921. The molecule has 0 saturated carbocycles. The maximum absolute atomic E-state index is 12.7. The largest absolute Gasteiger partial charge is 0.477 e. The van der Waals surface area contributed by atoms with Crippen molar-refractivity contribution in [3.05, 3.63) is 11.3 Å². The van der Waals surface area contributed by atoms with E-state index < -0.39 is 12.0 Å². The summed E-state index contributed by atoms with van der Waals surface area (Å²) >= 11 is 5.84. The van der Waals surface area contributed by atoms with Crippen LogP contribution in [0.5, 0.6) is 0 Å². The van der Waals surface area contributed by atoms with Crippen LogP contribution in [-0.4, -0.2) is 95.5 Å². The fourth-order valence-corrected chi connectivity index (χ4v) is 5.61. The number of carboxylic acid groups (broad SMARTS) is 1. The number of thioether (sulfide) groups is 2. The van der Waals surface area contributed by atoms with Gasteiger partial charge in [0.15, 0.2) is 5.78 Å². The number of carbonyl (C=O) groups excluding carboxylic acids is 2. The Morgan fingerprint density at radius 2 is 2.27 bits per heavy atom. The number of β-lactam (4-membered cyclic amide) rings is 1. The molecular formula is C15H18BrN7O5S2. The number of nitrogens with one attached hydrogen (secondary N) is 1. The van der Waals surface area contributed by atoms with E-state index in [1.165, 1.54) is 40.2 Å². The Morgan fingerprint density at radius 1 is 1.50 bits per heavy atom. The van der Waals surface area contributed by atoms with Crippen LogP contribution in [0.15, 0.2) is 21.6 Å². The Hall–Kier alpha value is -1.97. The van der Waals surface area contributed by atoms with Crippen molar-refractivity contribution in [1.29, 1.82) is 0 Å². The Labute approximate surface area is 187 Å². The molecule has 3 heterocycles. The standard InChI is InChI=1S/C15H18BrN7O5S2/c1-22-15(18-20-21-22)30-6-7-5-29-13-10(12(25)23(13)11(7)14(26)27)17-4-8(19-28-2)9(24)3-16/h10,13,17H,3-6H2,1-2H3,(H,26,27)/b19-8-/t10-,13-/m1/s1. The van der Waals surface area contributed by atoms with Gasteiger partial charge in [0.2, 0.25) is 11.1 Å². The molecule has 0 bridgehead atoms. The SMILES string of the molecule is CO/N=C(/CN[C@@H]1C(=O)N2C(C(=O)O)=C(CSc3nnnn3C)CS[C@H]12)C(=O)CBr. The molecule has 1 aromatic rings. The molecule has 0 aliphatic carbocycles. The molecule has 2 N–H and O–H groups in total. The minimum Gasteiger partial charge on any atom is -0.477 e. The predicted molar refractivity (Wildman–Crippen MR) is 112 cm³/mol. The third-order valence-electron chi connectivity index (χ3n) is 4.34. The zero-order valence-corrected chi connectivity index (χ0v) is 19.2. The second-order valence-electron chi connectivity index (χ2n) is 6.18. The van der Waals surface area contributed by atoms with Gasteiger partial charge in [-0.3, -0.25) is 19.8 Å². The zero-order valence-electron chi connectivity index (χ0n) is 15.9. The van der Waals surface area contributed by atoms with Gasteiger partial charge in [-0.15, -0.1) is 16.9 Å². The molecule has 0 unspecified atom stereocenters. The number of halogens is 1. The highest BCUT2D eigenvalue weighted by Crippen LogP contribution is 2.41. The predicted octanol–water partition coefficient (Wildman–Crippen LogP) is -0.519. The van der Waals surface area contributed by atoms with Crippen molar-refractivity contribution in [3.8, 4) is 0 Å². The number of nitrogens with zero attached hydrogens (tertiary/aromatic N) is 6. The van der Waals surface area contributed by atoms with Gasteiger partial charge in [0.1, 0.15) is 29.9 Å². The molecule has 0 spiro atoms. The number of hydrogen-bond acceptors (Lipinski definition) is 11. The highest BCUT2D eigenvalue weighted by atomic mass is 79.9. The van der Waals surface area contributed by atoms with Crippen LogP contribution in [0.2, 0.25) is 0 Å². The number of carbonyl (C=O) groups is 3. The number of aromatic nitrogens is 4. The summed E-state index contributed by atoms with van der Waals surface area (Å²) in [6.07, 6.45) is 0. The van der Waals surface area contributed by atoms with Crippen molar-refractivity contribution in [2.24, 2.45) is 12.2 Å². The van der Waals surface area contributed by atoms with Crippen molar-refractivity contribution in [1.82, 2.24) is 30.4 Å². The molecule has 1 aromatic heterocycles. The summed E-state index contributed by atoms with van der Waals surface area (Å²) < 4.78 is 1.49. The number of rotatable bonds is 10. The minimum atomic E-state index is -1.16. The molecule has 1 fully saturated rings. The summed E-state index contributed by atoms with van der Waals surface area (Å²) in [6, 6.07) is -0.619. The van der Waals surface area contributed by atoms with Crippen LogP contribution in [0.4, 0.5) is 0 Å². The second kappa shape index (κ2) is 9.89. The van der Waals surface area contributed by atoms with Crippen LogP contribution in [-0.2, 0) is 26.3 Å². The smallest absolute Gasteiger partial charge is 0.352 e. The molecule has 0 radical (unpaired) electrons. The summed E-state index contributed by atoms with van der Waals surface area (Å²) in [4.78, 5) is 42.4. The zero-order chi connectivity index (χ0) is 21.8. The van der Waals surface area contributed by atoms with E-state index in [1.807, 2.05) is 0 Å². The fraction of sp³-hybridized carbons (Fsp3) is 0.533. The molecule has 2 atom stereocenters. The van der Waals surface area contributed by atoms with Crippen LogP contribution < -0.4 is 5.32 Å². The lowest BCUT2D eigenvalue weighted by molar-refractivity contribution is -0.149. The number of tetrazole rings is 1. The van der Waals surface area contributed by atoms with Gasteiger partial charge in [-0.25, -0.2) is 9.48 Å². The average Bonchev–Trinajstić information content (AvgIpc) is 3.14. The lowest BCUT2D eigenvalue weighted by Crippen LogP contribution is -2.70. The minimum absolute atomic E-state index is 0.00764. The first-order chi connectivity index (χ1) is 14.4. The van der Waals surface area contributed by atoms with Gasteiger partial charge in [0.25, 0.3) is 0 Å². The van der Waals surface area contributed by atoms with Crippen LogP contribution in [0.1, 0.15) is 0 Å². The van der Waals surface area contributed by atoms with E-state index in [9.17, 15) is 19.5 Å². The molecule has 30 heavy (non-hydrogen) atoms. The van der Waals surface area contributed by atoms with Gasteiger partial charge in [-0.1, -0.05) is 32.8 Å². The molecule has 0 aromatic carbocycles. The van der Waals surface area contributed by atoms with Crippen LogP contribution in [0.25, 0.3) is 0 Å². The Kier molecular flexibility index (Phi) is 7.49. The van der Waals surface area contributed by atoms with E-state index in [-0.39, 0.29) is 40.3 Å². The number of amides is 1. The molecule has 162 valence electrons. The van der Waals surface area contributed by atoms with E-state index >= 15 is 0 Å². The summed E-state index contributed by atoms with van der Waals surface area (Å²) in [6.45, 7) is 0.0353. The Balaban J connectivity index is 1.70. The highest BCUT2D eigenvalue weighted by Gasteiger charge is 2.53. The molecule has 2 aliphatic heterocycles. The summed E-state index contributed by atoms with van der Waals surface area (Å²) in [5.41, 5.74) is 0.760. The topological polar surface area (TPSA) is 152 Å². The molecule has 2 aliphatic rings. The summed E-state index contributed by atoms with van der Waals surface area (Å²) in [7, 11) is 3.02. The van der Waals surface area contributed by atoms with E-state index in [1.54, 1.807) is 7.05 Å². The van der Waals surface area contributed by atoms with Gasteiger partial charge < -0.3 is 9.94 Å². The number of aliphatic carboxylic acids is 1. The third kappa shape index (κ3) is 4.53. The molecule has 15 heteroatoms. The number of oxime groups is 1. The third-order valence-corrected chi connectivity index (χ3v) is 7.29. The van der Waals surface area contributed by atoms with Crippen LogP contribution in [0.3, 0.4) is 0 Å². The molecule has 3 rings (SSSR count). The second-order valence-corrected chi connectivity index (χ2v) is 8.79. The van der Waals surface area contributed by atoms with Crippen LogP contribution >= 0.6 is 39.5 Å². The van der Waals surface area contributed by atoms with E-state index in [2.05, 4.69) is 46.8 Å². The van der Waals surface area contributed by atoms with Crippen molar-refractivity contribution in [2.45, 2.75) is 16.6 Å². The van der Waals surface area contributed by atoms with Crippen molar-refractivity contribution in [2.75, 3.05) is 30.5 Å². The molecular weight excluding hydrogens is 502 g/mol. The van der Waals surface area contributed by atoms with Gasteiger partial charge >= 0.3 is 5.97 Å². The van der Waals surface area contributed by atoms with E-state index in [0.717, 1.165) is 0 Å². The number of hydrogen-bond donors (Lipinski definition) is 2. The molecule has 1 saturated heterocycles. The van der Waals surface area contributed by atoms with Crippen molar-refractivity contribution in [3.63, 3.8) is 0 Å². The highest BCUT2D eigenvalue weighted by molar-refractivity contribution is 9.09. The first kappa shape index (κ1) is 22.7. The fourth-order valence-electron chi connectivity index (χ4n) is 2.92. The van der Waals surface area contributed by atoms with Gasteiger partial charge in [0, 0.05) is 25.1 Å². The number of fused-ring (bicyclic) bond motifs is 1. The number of carboxylic acids is 1. The number of Topliss-reactive ketones (excluding diaryl/α,β-unsaturated/α-hetero) is 1. The van der Waals surface area contributed by atoms with E-state index in [0.29, 0.717) is 22.2 Å². The van der Waals surface area contributed by atoms with Crippen LogP contribution in [0, 0.1) is 0 Å². The maximum Gasteiger partial charge on any atom is 0.352 e. The van der Waals surface area contributed by atoms with Gasteiger partial charge in [-0.2, -0.15) is 0 Å². The van der Waals surface area contributed by atoms with Gasteiger partial charge in [-0.05, 0) is 16.0 Å². The quantitative estimate of drug-likeness (QED) is 0.135. The molecule has 1 amide bonds. The number of alkyl halides is 1. The lowest BCUT2D eigenvalue weighted by atomic mass is 10.0. The monoisotopic (exact) mass is 519 g/mol. The average molecular weight is 520 g/mol. The summed E-state index contributed by atoms with van der Waals surface area (Å²) in [5, 5.41) is 27.8. The first-order valence-electron chi connectivity index (χ1n) is 8.56. The normalized spacial score (nSPS) is 21.4. The lowest BCUT2D eigenvalue weighted by Gasteiger charge is -2.49. The maximum atomic E-state index is 12.7.